The maximum atomic E-state index is 13.9. The number of alkyl halides is 3. The highest BCUT2D eigenvalue weighted by Crippen LogP contribution is 2.45. The number of aromatic hydroxyl groups is 1. The number of carbonyl (C=O) groups excluding carboxylic acids is 1. The van der Waals surface area contributed by atoms with Crippen molar-refractivity contribution in [2.45, 2.75) is 50.8 Å². The van der Waals surface area contributed by atoms with Gasteiger partial charge in [-0.2, -0.15) is 13.2 Å². The summed E-state index contributed by atoms with van der Waals surface area (Å²) < 4.78 is 58.4. The molecule has 1 aromatic rings. The Bertz CT molecular complexity index is 683. The number of benzene rings is 1. The number of halogens is 4. The van der Waals surface area contributed by atoms with E-state index in [9.17, 15) is 32.6 Å². The van der Waals surface area contributed by atoms with Crippen LogP contribution in [0.5, 0.6) is 5.75 Å². The van der Waals surface area contributed by atoms with Crippen LogP contribution in [0.4, 0.5) is 17.6 Å². The molecule has 0 radical (unpaired) electrons. The largest absolute Gasteiger partial charge is 0.507 e. The molecule has 146 valence electrons. The normalized spacial score (nSPS) is 14.6. The number of ether oxygens (including phenoxy) is 1. The third-order valence-electron chi connectivity index (χ3n) is 4.08. The predicted octanol–water partition coefficient (Wildman–Crippen LogP) is 3.78. The van der Waals surface area contributed by atoms with E-state index in [2.05, 4.69) is 11.3 Å². The maximum Gasteiger partial charge on any atom is 0.428 e. The number of aliphatic hydroxyl groups is 1. The molecule has 0 heterocycles. The van der Waals surface area contributed by atoms with Crippen molar-refractivity contribution in [3.05, 3.63) is 41.7 Å². The second-order valence-corrected chi connectivity index (χ2v) is 6.55. The smallest absolute Gasteiger partial charge is 0.428 e. The third kappa shape index (κ3) is 4.17. The highest BCUT2D eigenvalue weighted by atomic mass is 19.4. The quantitative estimate of drug-likeness (QED) is 0.430. The van der Waals surface area contributed by atoms with Crippen LogP contribution in [-0.2, 0) is 21.4 Å². The van der Waals surface area contributed by atoms with Crippen molar-refractivity contribution < 1.29 is 37.3 Å². The average Bonchev–Trinajstić information content (AvgIpc) is 2.49. The van der Waals surface area contributed by atoms with E-state index in [0.717, 1.165) is 12.1 Å². The standard InChI is InChI=1S/C18H22F4O4/c1-5-7-11-13(19)9-8-12(14(11)23)16(3,4)10-17(25,18(20,21)22)15(24)26-6-2/h5,8-9,23,25H,1,6-7,10H2,2-4H3. The van der Waals surface area contributed by atoms with Crippen LogP contribution < -0.4 is 0 Å². The van der Waals surface area contributed by atoms with Crippen molar-refractivity contribution in [3.63, 3.8) is 0 Å². The van der Waals surface area contributed by atoms with Crippen LogP contribution in [0.1, 0.15) is 38.3 Å². The van der Waals surface area contributed by atoms with Crippen LogP contribution in [0.2, 0.25) is 0 Å². The molecule has 26 heavy (non-hydrogen) atoms. The minimum Gasteiger partial charge on any atom is -0.507 e. The van der Waals surface area contributed by atoms with E-state index < -0.39 is 41.1 Å². The number of allylic oxidation sites excluding steroid dienone is 1. The Hall–Kier alpha value is -2.09. The first-order valence-corrected chi connectivity index (χ1v) is 7.90. The first kappa shape index (κ1) is 22.0. The molecule has 0 saturated carbocycles. The lowest BCUT2D eigenvalue weighted by atomic mass is 9.74. The van der Waals surface area contributed by atoms with Crippen LogP contribution in [0.3, 0.4) is 0 Å². The van der Waals surface area contributed by atoms with Crippen molar-refractivity contribution >= 4 is 5.97 Å². The Labute approximate surface area is 149 Å². The number of hydrogen-bond acceptors (Lipinski definition) is 4. The third-order valence-corrected chi connectivity index (χ3v) is 4.08. The topological polar surface area (TPSA) is 66.8 Å². The Morgan fingerprint density at radius 3 is 2.35 bits per heavy atom. The van der Waals surface area contributed by atoms with E-state index in [4.69, 9.17) is 0 Å². The summed E-state index contributed by atoms with van der Waals surface area (Å²) in [6.45, 7) is 7.00. The molecule has 8 heteroatoms. The van der Waals surface area contributed by atoms with Crippen molar-refractivity contribution in [2.24, 2.45) is 0 Å². The van der Waals surface area contributed by atoms with Gasteiger partial charge in [0.25, 0.3) is 5.60 Å². The fraction of sp³-hybridized carbons (Fsp3) is 0.500. The Kier molecular flexibility index (Phi) is 6.46. The number of esters is 1. The van der Waals surface area contributed by atoms with Crippen LogP contribution >= 0.6 is 0 Å². The SMILES string of the molecule is C=CCc1c(F)ccc(C(C)(C)CC(O)(C(=O)OCC)C(F)(F)F)c1O. The number of phenolic OH excluding ortho intramolecular Hbond substituents is 1. The van der Waals surface area contributed by atoms with Gasteiger partial charge < -0.3 is 14.9 Å². The molecule has 0 saturated heterocycles. The summed E-state index contributed by atoms with van der Waals surface area (Å²) in [6, 6.07) is 2.13. The number of hydrogen-bond donors (Lipinski definition) is 2. The Morgan fingerprint density at radius 2 is 1.88 bits per heavy atom. The molecule has 0 spiro atoms. The van der Waals surface area contributed by atoms with Crippen LogP contribution in [-0.4, -0.2) is 34.6 Å². The van der Waals surface area contributed by atoms with Gasteiger partial charge in [0.05, 0.1) is 6.61 Å². The maximum absolute atomic E-state index is 13.9. The highest BCUT2D eigenvalue weighted by molar-refractivity contribution is 5.80. The summed E-state index contributed by atoms with van der Waals surface area (Å²) in [4.78, 5) is 11.8. The Balaban J connectivity index is 3.42. The number of carbonyl (C=O) groups is 1. The van der Waals surface area contributed by atoms with Gasteiger partial charge in [0.1, 0.15) is 11.6 Å². The molecule has 1 unspecified atom stereocenters. The van der Waals surface area contributed by atoms with Gasteiger partial charge in [-0.15, -0.1) is 6.58 Å². The van der Waals surface area contributed by atoms with E-state index in [1.807, 2.05) is 0 Å². The molecule has 1 atom stereocenters. The monoisotopic (exact) mass is 378 g/mol. The Morgan fingerprint density at radius 1 is 1.31 bits per heavy atom. The lowest BCUT2D eigenvalue weighted by Gasteiger charge is -2.36. The number of phenols is 1. The second kappa shape index (κ2) is 7.65. The van der Waals surface area contributed by atoms with Crippen LogP contribution in [0.15, 0.2) is 24.8 Å². The molecule has 0 aliphatic heterocycles. The molecule has 0 amide bonds. The van der Waals surface area contributed by atoms with E-state index in [-0.39, 0.29) is 24.2 Å². The zero-order valence-corrected chi connectivity index (χ0v) is 14.8. The molecule has 1 rings (SSSR count). The van der Waals surface area contributed by atoms with E-state index in [1.54, 1.807) is 0 Å². The lowest BCUT2D eigenvalue weighted by molar-refractivity contribution is -0.268. The summed E-state index contributed by atoms with van der Waals surface area (Å²) >= 11 is 0. The van der Waals surface area contributed by atoms with Crippen molar-refractivity contribution in [3.8, 4) is 5.75 Å². The first-order chi connectivity index (χ1) is 11.8. The van der Waals surface area contributed by atoms with Crippen molar-refractivity contribution in [2.75, 3.05) is 6.61 Å². The summed E-state index contributed by atoms with van der Waals surface area (Å²) in [5.74, 6) is -3.10. The van der Waals surface area contributed by atoms with Gasteiger partial charge in [0.15, 0.2) is 0 Å². The molecule has 2 N–H and O–H groups in total. The van der Waals surface area contributed by atoms with Gasteiger partial charge in [-0.25, -0.2) is 9.18 Å². The van der Waals surface area contributed by atoms with Gasteiger partial charge in [0.2, 0.25) is 0 Å². The molecular weight excluding hydrogens is 356 g/mol. The average molecular weight is 378 g/mol. The fourth-order valence-corrected chi connectivity index (χ4v) is 2.77. The fourth-order valence-electron chi connectivity index (χ4n) is 2.77. The summed E-state index contributed by atoms with van der Waals surface area (Å²) in [6.07, 6.45) is -5.12. The first-order valence-electron chi connectivity index (χ1n) is 7.90. The molecule has 1 aromatic carbocycles. The van der Waals surface area contributed by atoms with E-state index in [0.29, 0.717) is 0 Å². The molecule has 4 nitrogen and oxygen atoms in total. The van der Waals surface area contributed by atoms with Gasteiger partial charge in [-0.1, -0.05) is 26.0 Å². The number of rotatable bonds is 7. The molecule has 0 aliphatic carbocycles. The van der Waals surface area contributed by atoms with Gasteiger partial charge in [-0.05, 0) is 24.8 Å². The highest BCUT2D eigenvalue weighted by Gasteiger charge is 2.62. The summed E-state index contributed by atoms with van der Waals surface area (Å²) in [7, 11) is 0. The zero-order valence-electron chi connectivity index (χ0n) is 14.8. The van der Waals surface area contributed by atoms with Crippen LogP contribution in [0.25, 0.3) is 0 Å². The van der Waals surface area contributed by atoms with Crippen molar-refractivity contribution in [1.29, 1.82) is 0 Å². The van der Waals surface area contributed by atoms with Gasteiger partial charge in [0, 0.05) is 17.5 Å². The van der Waals surface area contributed by atoms with Crippen molar-refractivity contribution in [1.82, 2.24) is 0 Å². The lowest BCUT2D eigenvalue weighted by Crippen LogP contribution is -2.55. The molecule has 0 fully saturated rings. The predicted molar refractivity (Wildman–Crippen MR) is 87.2 cm³/mol. The van der Waals surface area contributed by atoms with Crippen LogP contribution in [0, 0.1) is 5.82 Å². The van der Waals surface area contributed by atoms with Gasteiger partial charge in [-0.3, -0.25) is 0 Å². The molecule has 0 aliphatic rings. The summed E-state index contributed by atoms with van der Waals surface area (Å²) in [5, 5.41) is 20.4. The molecule has 0 bridgehead atoms. The van der Waals surface area contributed by atoms with E-state index >= 15 is 0 Å². The molecular formula is C18H22F4O4. The summed E-state index contributed by atoms with van der Waals surface area (Å²) in [5.41, 5.74) is -5.48. The molecule has 0 aromatic heterocycles. The zero-order chi connectivity index (χ0) is 20.3. The second-order valence-electron chi connectivity index (χ2n) is 6.55. The minimum absolute atomic E-state index is 0.0387. The minimum atomic E-state index is -5.30. The van der Waals surface area contributed by atoms with Gasteiger partial charge >= 0.3 is 12.1 Å². The van der Waals surface area contributed by atoms with E-state index in [1.165, 1.54) is 26.8 Å².